The molecular formula is C11H17FN2O3S. The standard InChI is InChI=1S/C11H17FN2O3S/c1-14(7-9-17-8-6-13)18(15,16)11-4-2-10(12)3-5-11/h2-5H,6-9,13H2,1H3. The maximum Gasteiger partial charge on any atom is 0.242 e. The molecule has 18 heavy (non-hydrogen) atoms. The lowest BCUT2D eigenvalue weighted by molar-refractivity contribution is 0.133. The molecule has 0 aromatic heterocycles. The molecule has 1 rings (SSSR count). The molecule has 1 aromatic carbocycles. The summed E-state index contributed by atoms with van der Waals surface area (Å²) in [6, 6.07) is 4.71. The summed E-state index contributed by atoms with van der Waals surface area (Å²) in [4.78, 5) is 0.0604. The van der Waals surface area contributed by atoms with Gasteiger partial charge in [-0.05, 0) is 24.3 Å². The maximum atomic E-state index is 12.7. The average Bonchev–Trinajstić information content (AvgIpc) is 2.35. The topological polar surface area (TPSA) is 72.6 Å². The van der Waals surface area contributed by atoms with Crippen LogP contribution in [-0.2, 0) is 14.8 Å². The molecule has 0 aliphatic rings. The Morgan fingerprint density at radius 1 is 1.28 bits per heavy atom. The summed E-state index contributed by atoms with van der Waals surface area (Å²) in [5.41, 5.74) is 5.24. The molecule has 0 amide bonds. The number of sulfonamides is 1. The second kappa shape index (κ2) is 6.79. The van der Waals surface area contributed by atoms with Crippen LogP contribution in [0, 0.1) is 5.82 Å². The highest BCUT2D eigenvalue weighted by molar-refractivity contribution is 7.89. The molecule has 0 heterocycles. The van der Waals surface area contributed by atoms with Crippen LogP contribution in [0.5, 0.6) is 0 Å². The van der Waals surface area contributed by atoms with Crippen LogP contribution in [0.15, 0.2) is 29.2 Å². The molecule has 0 fully saturated rings. The highest BCUT2D eigenvalue weighted by atomic mass is 32.2. The van der Waals surface area contributed by atoms with Gasteiger partial charge in [0, 0.05) is 20.1 Å². The Labute approximate surface area is 106 Å². The van der Waals surface area contributed by atoms with Crippen LogP contribution in [0.3, 0.4) is 0 Å². The minimum absolute atomic E-state index is 0.0604. The summed E-state index contributed by atoms with van der Waals surface area (Å²) in [6.07, 6.45) is 0. The second-order valence-electron chi connectivity index (χ2n) is 3.68. The van der Waals surface area contributed by atoms with E-state index >= 15 is 0 Å². The van der Waals surface area contributed by atoms with Crippen molar-refractivity contribution in [2.75, 3.05) is 33.4 Å². The molecule has 0 saturated carbocycles. The number of ether oxygens (including phenoxy) is 1. The van der Waals surface area contributed by atoms with Crippen molar-refractivity contribution in [1.82, 2.24) is 4.31 Å². The number of nitrogens with zero attached hydrogens (tertiary/aromatic N) is 1. The molecule has 5 nitrogen and oxygen atoms in total. The molecule has 0 radical (unpaired) electrons. The van der Waals surface area contributed by atoms with Gasteiger partial charge in [-0.15, -0.1) is 0 Å². The predicted octanol–water partition coefficient (Wildman–Crippen LogP) is 0.422. The van der Waals surface area contributed by atoms with Crippen molar-refractivity contribution in [2.24, 2.45) is 5.73 Å². The van der Waals surface area contributed by atoms with Gasteiger partial charge in [0.1, 0.15) is 5.82 Å². The third kappa shape index (κ3) is 4.02. The predicted molar refractivity (Wildman–Crippen MR) is 66.1 cm³/mol. The molecule has 0 saturated heterocycles. The summed E-state index contributed by atoms with van der Waals surface area (Å²) >= 11 is 0. The van der Waals surface area contributed by atoms with Crippen LogP contribution in [0.4, 0.5) is 4.39 Å². The van der Waals surface area contributed by atoms with E-state index < -0.39 is 15.8 Å². The quantitative estimate of drug-likeness (QED) is 0.733. The average molecular weight is 276 g/mol. The van der Waals surface area contributed by atoms with Gasteiger partial charge in [0.15, 0.2) is 0 Å². The highest BCUT2D eigenvalue weighted by Gasteiger charge is 2.20. The van der Waals surface area contributed by atoms with Gasteiger partial charge in [0.2, 0.25) is 10.0 Å². The number of hydrogen-bond acceptors (Lipinski definition) is 4. The third-order valence-corrected chi connectivity index (χ3v) is 4.21. The molecule has 102 valence electrons. The van der Waals surface area contributed by atoms with E-state index in [9.17, 15) is 12.8 Å². The monoisotopic (exact) mass is 276 g/mol. The smallest absolute Gasteiger partial charge is 0.242 e. The van der Waals surface area contributed by atoms with E-state index in [0.717, 1.165) is 16.4 Å². The Morgan fingerprint density at radius 3 is 2.44 bits per heavy atom. The fourth-order valence-corrected chi connectivity index (χ4v) is 2.44. The molecule has 2 N–H and O–H groups in total. The third-order valence-electron chi connectivity index (χ3n) is 2.33. The van der Waals surface area contributed by atoms with E-state index in [1.54, 1.807) is 0 Å². The van der Waals surface area contributed by atoms with E-state index in [1.807, 2.05) is 0 Å². The summed E-state index contributed by atoms with van der Waals surface area (Å²) in [5, 5.41) is 0. The lowest BCUT2D eigenvalue weighted by Gasteiger charge is -2.17. The molecule has 1 aromatic rings. The van der Waals surface area contributed by atoms with Gasteiger partial charge in [-0.1, -0.05) is 0 Å². The van der Waals surface area contributed by atoms with E-state index in [4.69, 9.17) is 10.5 Å². The van der Waals surface area contributed by atoms with Gasteiger partial charge in [0.05, 0.1) is 18.1 Å². The molecule has 0 atom stereocenters. The van der Waals surface area contributed by atoms with Gasteiger partial charge in [-0.3, -0.25) is 0 Å². The van der Waals surface area contributed by atoms with Crippen LogP contribution >= 0.6 is 0 Å². The highest BCUT2D eigenvalue weighted by Crippen LogP contribution is 2.14. The van der Waals surface area contributed by atoms with Crippen LogP contribution in [0.1, 0.15) is 0 Å². The number of halogens is 1. The number of hydrogen-bond donors (Lipinski definition) is 1. The van der Waals surface area contributed by atoms with Crippen LogP contribution in [0.2, 0.25) is 0 Å². The summed E-state index contributed by atoms with van der Waals surface area (Å²) in [5.74, 6) is -0.470. The first kappa shape index (κ1) is 15.0. The van der Waals surface area contributed by atoms with Crippen LogP contribution in [-0.4, -0.2) is 46.1 Å². The summed E-state index contributed by atoms with van der Waals surface area (Å²) in [6.45, 7) is 1.28. The van der Waals surface area contributed by atoms with Crippen LogP contribution in [0.25, 0.3) is 0 Å². The number of benzene rings is 1. The van der Waals surface area contributed by atoms with Gasteiger partial charge in [0.25, 0.3) is 0 Å². The lowest BCUT2D eigenvalue weighted by atomic mass is 10.4. The summed E-state index contributed by atoms with van der Waals surface area (Å²) < 4.78 is 43.1. The van der Waals surface area contributed by atoms with E-state index in [0.29, 0.717) is 13.2 Å². The molecule has 0 bridgehead atoms. The number of nitrogens with two attached hydrogens (primary N) is 1. The van der Waals surface area contributed by atoms with Crippen molar-refractivity contribution < 1.29 is 17.5 Å². The Hall–Kier alpha value is -1.02. The van der Waals surface area contributed by atoms with Crippen molar-refractivity contribution >= 4 is 10.0 Å². The van der Waals surface area contributed by atoms with Crippen molar-refractivity contribution in [1.29, 1.82) is 0 Å². The SMILES string of the molecule is CN(CCOCCN)S(=O)(=O)c1ccc(F)cc1. The zero-order valence-corrected chi connectivity index (χ0v) is 11.0. The lowest BCUT2D eigenvalue weighted by Crippen LogP contribution is -2.30. The largest absolute Gasteiger partial charge is 0.379 e. The van der Waals surface area contributed by atoms with Gasteiger partial charge >= 0.3 is 0 Å². The van der Waals surface area contributed by atoms with Gasteiger partial charge in [-0.2, -0.15) is 4.31 Å². The fourth-order valence-electron chi connectivity index (χ4n) is 1.29. The van der Waals surface area contributed by atoms with Gasteiger partial charge in [-0.25, -0.2) is 12.8 Å². The molecule has 0 spiro atoms. The van der Waals surface area contributed by atoms with Crippen molar-refractivity contribution in [2.45, 2.75) is 4.90 Å². The molecule has 7 heteroatoms. The van der Waals surface area contributed by atoms with Crippen LogP contribution < -0.4 is 5.73 Å². The molecule has 0 aliphatic heterocycles. The molecule has 0 aliphatic carbocycles. The number of rotatable bonds is 7. The molecule has 0 unspecified atom stereocenters. The van der Waals surface area contributed by atoms with E-state index in [-0.39, 0.29) is 18.0 Å². The number of likely N-dealkylation sites (N-methyl/N-ethyl adjacent to an activating group) is 1. The van der Waals surface area contributed by atoms with Crippen molar-refractivity contribution in [3.63, 3.8) is 0 Å². The van der Waals surface area contributed by atoms with E-state index in [2.05, 4.69) is 0 Å². The minimum atomic E-state index is -3.59. The Bertz CT molecular complexity index is 462. The van der Waals surface area contributed by atoms with Crippen molar-refractivity contribution in [3.8, 4) is 0 Å². The van der Waals surface area contributed by atoms with E-state index in [1.165, 1.54) is 19.2 Å². The zero-order chi connectivity index (χ0) is 13.6. The Morgan fingerprint density at radius 2 is 1.89 bits per heavy atom. The van der Waals surface area contributed by atoms with Gasteiger partial charge < -0.3 is 10.5 Å². The Balaban J connectivity index is 2.65. The first-order chi connectivity index (χ1) is 8.48. The minimum Gasteiger partial charge on any atom is -0.379 e. The molecular weight excluding hydrogens is 259 g/mol. The first-order valence-corrected chi connectivity index (χ1v) is 6.92. The maximum absolute atomic E-state index is 12.7. The fraction of sp³-hybridized carbons (Fsp3) is 0.455. The Kier molecular flexibility index (Phi) is 5.67. The summed E-state index contributed by atoms with van der Waals surface area (Å²) in [7, 11) is -2.14. The first-order valence-electron chi connectivity index (χ1n) is 5.48. The normalized spacial score (nSPS) is 12.0. The van der Waals surface area contributed by atoms with Crippen molar-refractivity contribution in [3.05, 3.63) is 30.1 Å². The zero-order valence-electron chi connectivity index (χ0n) is 10.2. The second-order valence-corrected chi connectivity index (χ2v) is 5.73.